The lowest BCUT2D eigenvalue weighted by atomic mass is 9.94. The van der Waals surface area contributed by atoms with Crippen LogP contribution in [0.4, 0.5) is 5.69 Å². The number of aryl methyl sites for hydroxylation is 1. The van der Waals surface area contributed by atoms with Crippen molar-refractivity contribution in [1.82, 2.24) is 10.2 Å². The molecule has 1 N–H and O–H groups in total. The van der Waals surface area contributed by atoms with E-state index in [-0.39, 0.29) is 17.2 Å². The van der Waals surface area contributed by atoms with Crippen LogP contribution in [0.25, 0.3) is 0 Å². The van der Waals surface area contributed by atoms with E-state index in [2.05, 4.69) is 5.32 Å². The third kappa shape index (κ3) is 2.51. The minimum Gasteiger partial charge on any atom is -0.337 e. The molecule has 2 heterocycles. The Morgan fingerprint density at radius 1 is 1.43 bits per heavy atom. The minimum atomic E-state index is -0.471. The highest BCUT2D eigenvalue weighted by atomic mass is 16.6. The average Bonchev–Trinajstić information content (AvgIpc) is 2.90. The number of rotatable bonds is 2. The molecule has 1 amide bonds. The lowest BCUT2D eigenvalue weighted by Crippen LogP contribution is -2.41. The summed E-state index contributed by atoms with van der Waals surface area (Å²) in [7, 11) is 0. The van der Waals surface area contributed by atoms with Gasteiger partial charge in [-0.25, -0.2) is 0 Å². The lowest BCUT2D eigenvalue weighted by molar-refractivity contribution is -0.385. The highest BCUT2D eigenvalue weighted by Crippen LogP contribution is 2.29. The maximum absolute atomic E-state index is 12.7. The van der Waals surface area contributed by atoms with E-state index in [4.69, 9.17) is 0 Å². The van der Waals surface area contributed by atoms with Gasteiger partial charge in [-0.3, -0.25) is 14.9 Å². The van der Waals surface area contributed by atoms with Crippen LogP contribution in [0.5, 0.6) is 0 Å². The number of fused-ring (bicyclic) bond motifs is 1. The van der Waals surface area contributed by atoms with Crippen molar-refractivity contribution < 1.29 is 9.72 Å². The van der Waals surface area contributed by atoms with Crippen LogP contribution in [0, 0.1) is 23.0 Å². The van der Waals surface area contributed by atoms with Crippen LogP contribution in [0.15, 0.2) is 18.2 Å². The van der Waals surface area contributed by atoms with Crippen LogP contribution in [0.3, 0.4) is 0 Å². The first-order valence-electron chi connectivity index (χ1n) is 7.34. The van der Waals surface area contributed by atoms with Crippen molar-refractivity contribution in [3.63, 3.8) is 0 Å². The van der Waals surface area contributed by atoms with Crippen LogP contribution >= 0.6 is 0 Å². The minimum absolute atomic E-state index is 0.0946. The number of carbonyl (C=O) groups is 1. The topological polar surface area (TPSA) is 75.5 Å². The van der Waals surface area contributed by atoms with Gasteiger partial charge in [-0.2, -0.15) is 0 Å². The molecule has 2 aliphatic rings. The molecule has 2 saturated heterocycles. The molecule has 0 aliphatic carbocycles. The summed E-state index contributed by atoms with van der Waals surface area (Å²) in [6, 6.07) is 5.12. The Morgan fingerprint density at radius 2 is 2.24 bits per heavy atom. The molecule has 2 atom stereocenters. The second kappa shape index (κ2) is 5.44. The van der Waals surface area contributed by atoms with Crippen molar-refractivity contribution >= 4 is 11.6 Å². The molecule has 0 radical (unpaired) electrons. The Balaban J connectivity index is 1.88. The number of nitro benzene ring substituents is 1. The monoisotopic (exact) mass is 289 g/mol. The van der Waals surface area contributed by atoms with E-state index >= 15 is 0 Å². The summed E-state index contributed by atoms with van der Waals surface area (Å²) in [5, 5.41) is 14.6. The molecule has 1 aromatic rings. The SMILES string of the molecule is Cc1cccc([N+](=O)[O-])c1C(=O)N1C[C@@H]2CCCN[C@@H]2C1. The summed E-state index contributed by atoms with van der Waals surface area (Å²) in [6.45, 7) is 4.09. The van der Waals surface area contributed by atoms with E-state index in [1.165, 1.54) is 6.07 Å². The maximum atomic E-state index is 12.7. The maximum Gasteiger partial charge on any atom is 0.282 e. The fraction of sp³-hybridized carbons (Fsp3) is 0.533. The van der Waals surface area contributed by atoms with Crippen molar-refractivity contribution in [2.45, 2.75) is 25.8 Å². The van der Waals surface area contributed by atoms with Crippen LogP contribution in [0.2, 0.25) is 0 Å². The van der Waals surface area contributed by atoms with Crippen LogP contribution < -0.4 is 5.32 Å². The predicted octanol–water partition coefficient (Wildman–Crippen LogP) is 1.73. The highest BCUT2D eigenvalue weighted by Gasteiger charge is 2.38. The molecule has 1 aromatic carbocycles. The summed E-state index contributed by atoms with van der Waals surface area (Å²) >= 11 is 0. The van der Waals surface area contributed by atoms with Crippen LogP contribution in [0.1, 0.15) is 28.8 Å². The zero-order valence-electron chi connectivity index (χ0n) is 12.0. The largest absolute Gasteiger partial charge is 0.337 e. The van der Waals surface area contributed by atoms with Gasteiger partial charge in [-0.1, -0.05) is 12.1 Å². The molecule has 6 nitrogen and oxygen atoms in total. The third-order valence-electron chi connectivity index (χ3n) is 4.55. The van der Waals surface area contributed by atoms with Gasteiger partial charge in [0.05, 0.1) is 4.92 Å². The summed E-state index contributed by atoms with van der Waals surface area (Å²) in [6.07, 6.45) is 2.25. The van der Waals surface area contributed by atoms with Crippen molar-refractivity contribution in [2.24, 2.45) is 5.92 Å². The Bertz CT molecular complexity index is 574. The Labute approximate surface area is 123 Å². The number of carbonyl (C=O) groups excluding carboxylic acids is 1. The van der Waals surface area contributed by atoms with Gasteiger partial charge in [0, 0.05) is 25.2 Å². The van der Waals surface area contributed by atoms with E-state index < -0.39 is 4.92 Å². The average molecular weight is 289 g/mol. The van der Waals surface area contributed by atoms with Gasteiger partial charge in [0.2, 0.25) is 0 Å². The number of hydrogen-bond acceptors (Lipinski definition) is 4. The summed E-state index contributed by atoms with van der Waals surface area (Å²) in [5.74, 6) is 0.266. The molecule has 2 fully saturated rings. The first-order valence-corrected chi connectivity index (χ1v) is 7.34. The van der Waals surface area contributed by atoms with Crippen molar-refractivity contribution in [3.05, 3.63) is 39.4 Å². The quantitative estimate of drug-likeness (QED) is 0.664. The predicted molar refractivity (Wildman–Crippen MR) is 78.3 cm³/mol. The number of amides is 1. The Hall–Kier alpha value is -1.95. The van der Waals surface area contributed by atoms with Crippen LogP contribution in [-0.4, -0.2) is 41.4 Å². The first kappa shape index (κ1) is 14.0. The molecule has 0 saturated carbocycles. The molecule has 0 spiro atoms. The van der Waals surface area contributed by atoms with Crippen molar-refractivity contribution in [2.75, 3.05) is 19.6 Å². The standard InChI is InChI=1S/C15H19N3O3/c1-10-4-2-6-13(18(20)21)14(10)15(19)17-8-11-5-3-7-16-12(11)9-17/h2,4,6,11-12,16H,3,5,7-9H2,1H3/t11-,12+/m0/s1. The molecule has 0 bridgehead atoms. The van der Waals surface area contributed by atoms with Gasteiger partial charge in [0.25, 0.3) is 11.6 Å². The fourth-order valence-electron chi connectivity index (χ4n) is 3.45. The van der Waals surface area contributed by atoms with E-state index in [0.29, 0.717) is 30.6 Å². The summed E-state index contributed by atoms with van der Waals surface area (Å²) in [4.78, 5) is 25.2. The van der Waals surface area contributed by atoms with E-state index in [0.717, 1.165) is 19.4 Å². The number of hydrogen-bond donors (Lipinski definition) is 1. The smallest absolute Gasteiger partial charge is 0.282 e. The Morgan fingerprint density at radius 3 is 2.95 bits per heavy atom. The molecule has 0 unspecified atom stereocenters. The zero-order valence-corrected chi connectivity index (χ0v) is 12.0. The molecule has 2 aliphatic heterocycles. The van der Waals surface area contributed by atoms with Gasteiger partial charge < -0.3 is 10.2 Å². The second-order valence-corrected chi connectivity index (χ2v) is 5.90. The Kier molecular flexibility index (Phi) is 3.63. The lowest BCUT2D eigenvalue weighted by Gasteiger charge is -2.24. The molecule has 3 rings (SSSR count). The number of piperidine rings is 1. The number of likely N-dealkylation sites (tertiary alicyclic amines) is 1. The molecular formula is C15H19N3O3. The van der Waals surface area contributed by atoms with Gasteiger partial charge in [0.1, 0.15) is 5.56 Å². The molecule has 0 aromatic heterocycles. The molecule has 6 heteroatoms. The highest BCUT2D eigenvalue weighted by molar-refractivity contribution is 5.99. The molecule has 112 valence electrons. The second-order valence-electron chi connectivity index (χ2n) is 5.90. The molecular weight excluding hydrogens is 270 g/mol. The van der Waals surface area contributed by atoms with E-state index in [1.54, 1.807) is 24.0 Å². The van der Waals surface area contributed by atoms with Gasteiger partial charge >= 0.3 is 0 Å². The number of nitrogens with zero attached hydrogens (tertiary/aromatic N) is 2. The number of benzene rings is 1. The van der Waals surface area contributed by atoms with Gasteiger partial charge in [-0.15, -0.1) is 0 Å². The third-order valence-corrected chi connectivity index (χ3v) is 4.55. The van der Waals surface area contributed by atoms with E-state index in [1.807, 2.05) is 0 Å². The van der Waals surface area contributed by atoms with Crippen molar-refractivity contribution in [1.29, 1.82) is 0 Å². The van der Waals surface area contributed by atoms with Gasteiger partial charge in [0.15, 0.2) is 0 Å². The fourth-order valence-corrected chi connectivity index (χ4v) is 3.45. The first-order chi connectivity index (χ1) is 10.1. The van der Waals surface area contributed by atoms with Crippen LogP contribution in [-0.2, 0) is 0 Å². The summed E-state index contributed by atoms with van der Waals surface area (Å²) in [5.41, 5.74) is 0.806. The molecule has 21 heavy (non-hydrogen) atoms. The number of nitro groups is 1. The van der Waals surface area contributed by atoms with Crippen molar-refractivity contribution in [3.8, 4) is 0 Å². The zero-order chi connectivity index (χ0) is 15.0. The normalized spacial score (nSPS) is 24.7. The summed E-state index contributed by atoms with van der Waals surface area (Å²) < 4.78 is 0. The number of nitrogens with one attached hydrogen (secondary N) is 1. The van der Waals surface area contributed by atoms with Gasteiger partial charge in [-0.05, 0) is 37.8 Å². The van der Waals surface area contributed by atoms with E-state index in [9.17, 15) is 14.9 Å².